The van der Waals surface area contributed by atoms with Crippen LogP contribution in [-0.4, -0.2) is 38.8 Å². The van der Waals surface area contributed by atoms with E-state index in [2.05, 4.69) is 6.92 Å². The van der Waals surface area contributed by atoms with Crippen molar-refractivity contribution in [1.29, 1.82) is 0 Å². The average Bonchev–Trinajstić information content (AvgIpc) is 2.52. The first-order chi connectivity index (χ1) is 7.65. The molecule has 0 aromatic heterocycles. The lowest BCUT2D eigenvalue weighted by molar-refractivity contribution is -0.145. The number of carboxylic acid groups (broad SMARTS) is 1. The summed E-state index contributed by atoms with van der Waals surface area (Å²) in [5.41, 5.74) is 0.225. The number of amides is 1. The third-order valence-electron chi connectivity index (χ3n) is 2.57. The zero-order chi connectivity index (χ0) is 11.7. The quantitative estimate of drug-likeness (QED) is 0.602. The standard InChI is InChI=1S/C10H13NO3S2/c1-2-15-4-3-6-9(10(13)14)11-7(12)5-8(11)16-6/h8H,2-5H2,1H3,(H,13,14). The number of carboxylic acids is 1. The SMILES string of the molecule is CCSCCC1=C(C(=O)O)N2C(=O)CC2S1. The fraction of sp³-hybridized carbons (Fsp3) is 0.600. The maximum absolute atomic E-state index is 11.3. The highest BCUT2D eigenvalue weighted by molar-refractivity contribution is 8.04. The van der Waals surface area contributed by atoms with Gasteiger partial charge in [0.25, 0.3) is 0 Å². The zero-order valence-corrected chi connectivity index (χ0v) is 10.6. The highest BCUT2D eigenvalue weighted by Crippen LogP contribution is 2.47. The highest BCUT2D eigenvalue weighted by Gasteiger charge is 2.47. The van der Waals surface area contributed by atoms with Crippen LogP contribution in [0.5, 0.6) is 0 Å². The summed E-state index contributed by atoms with van der Waals surface area (Å²) in [6.07, 6.45) is 1.23. The number of hydrogen-bond acceptors (Lipinski definition) is 4. The van der Waals surface area contributed by atoms with Crippen LogP contribution in [0.25, 0.3) is 0 Å². The molecule has 1 amide bonds. The minimum Gasteiger partial charge on any atom is -0.477 e. The Morgan fingerprint density at radius 3 is 3.00 bits per heavy atom. The molecule has 1 fully saturated rings. The van der Waals surface area contributed by atoms with Gasteiger partial charge in [0, 0.05) is 4.91 Å². The topological polar surface area (TPSA) is 57.6 Å². The van der Waals surface area contributed by atoms with E-state index in [1.165, 1.54) is 4.90 Å². The smallest absolute Gasteiger partial charge is 0.353 e. The number of rotatable bonds is 5. The van der Waals surface area contributed by atoms with E-state index in [0.717, 1.165) is 22.8 Å². The average molecular weight is 259 g/mol. The van der Waals surface area contributed by atoms with Gasteiger partial charge in [-0.1, -0.05) is 6.92 Å². The molecule has 1 N–H and O–H groups in total. The second-order valence-electron chi connectivity index (χ2n) is 3.56. The minimum absolute atomic E-state index is 0.0558. The van der Waals surface area contributed by atoms with Crippen molar-refractivity contribution in [2.75, 3.05) is 11.5 Å². The summed E-state index contributed by atoms with van der Waals surface area (Å²) in [6, 6.07) is 0. The van der Waals surface area contributed by atoms with Crippen LogP contribution in [0.4, 0.5) is 0 Å². The molecule has 0 spiro atoms. The van der Waals surface area contributed by atoms with Crippen molar-refractivity contribution in [3.05, 3.63) is 10.6 Å². The van der Waals surface area contributed by atoms with Crippen molar-refractivity contribution in [3.63, 3.8) is 0 Å². The fourth-order valence-corrected chi connectivity index (χ4v) is 3.98. The van der Waals surface area contributed by atoms with Crippen LogP contribution < -0.4 is 0 Å². The van der Waals surface area contributed by atoms with Gasteiger partial charge in [-0.25, -0.2) is 4.79 Å². The van der Waals surface area contributed by atoms with Crippen LogP contribution in [-0.2, 0) is 9.59 Å². The van der Waals surface area contributed by atoms with Crippen LogP contribution in [0.3, 0.4) is 0 Å². The molecule has 4 nitrogen and oxygen atoms in total. The molecule has 16 heavy (non-hydrogen) atoms. The molecule has 0 aromatic carbocycles. The molecule has 0 bridgehead atoms. The van der Waals surface area contributed by atoms with Crippen LogP contribution in [0, 0.1) is 0 Å². The number of aliphatic carboxylic acids is 1. The van der Waals surface area contributed by atoms with E-state index in [4.69, 9.17) is 5.11 Å². The van der Waals surface area contributed by atoms with Crippen molar-refractivity contribution in [2.45, 2.75) is 25.1 Å². The van der Waals surface area contributed by atoms with Crippen molar-refractivity contribution in [1.82, 2.24) is 4.90 Å². The Labute approximate surface area is 102 Å². The molecule has 0 radical (unpaired) electrons. The number of hydrogen-bond donors (Lipinski definition) is 1. The molecule has 1 saturated heterocycles. The molecule has 1 unspecified atom stereocenters. The van der Waals surface area contributed by atoms with E-state index in [1.54, 1.807) is 23.5 Å². The van der Waals surface area contributed by atoms with Crippen molar-refractivity contribution in [2.24, 2.45) is 0 Å². The molecule has 2 aliphatic heterocycles. The molecule has 2 heterocycles. The van der Waals surface area contributed by atoms with Gasteiger partial charge >= 0.3 is 5.97 Å². The second-order valence-corrected chi connectivity index (χ2v) is 6.23. The van der Waals surface area contributed by atoms with Crippen LogP contribution >= 0.6 is 23.5 Å². The molecular formula is C10H13NO3S2. The Kier molecular flexibility index (Phi) is 3.49. The van der Waals surface area contributed by atoms with E-state index >= 15 is 0 Å². The monoisotopic (exact) mass is 259 g/mol. The third-order valence-corrected chi connectivity index (χ3v) is 4.80. The first-order valence-electron chi connectivity index (χ1n) is 5.18. The zero-order valence-electron chi connectivity index (χ0n) is 8.93. The van der Waals surface area contributed by atoms with Gasteiger partial charge < -0.3 is 5.11 Å². The normalized spacial score (nSPS) is 23.4. The van der Waals surface area contributed by atoms with Gasteiger partial charge in [-0.2, -0.15) is 11.8 Å². The Morgan fingerprint density at radius 1 is 1.69 bits per heavy atom. The number of carbonyl (C=O) groups excluding carboxylic acids is 1. The van der Waals surface area contributed by atoms with E-state index in [0.29, 0.717) is 6.42 Å². The molecule has 2 rings (SSSR count). The van der Waals surface area contributed by atoms with Crippen LogP contribution in [0.15, 0.2) is 10.6 Å². The second kappa shape index (κ2) is 4.71. The number of thioether (sulfide) groups is 2. The number of β-lactam (4-membered cyclic amide) rings is 1. The largest absolute Gasteiger partial charge is 0.477 e. The van der Waals surface area contributed by atoms with Gasteiger partial charge in [-0.15, -0.1) is 11.8 Å². The number of carbonyl (C=O) groups is 2. The molecule has 6 heteroatoms. The summed E-state index contributed by atoms with van der Waals surface area (Å²) in [6.45, 7) is 2.08. The van der Waals surface area contributed by atoms with Gasteiger partial charge in [0.05, 0.1) is 11.8 Å². The first kappa shape index (κ1) is 11.9. The van der Waals surface area contributed by atoms with Crippen LogP contribution in [0.2, 0.25) is 0 Å². The minimum atomic E-state index is -0.973. The molecular weight excluding hydrogens is 246 g/mol. The number of allylic oxidation sites excluding steroid dienone is 1. The van der Waals surface area contributed by atoms with Crippen molar-refractivity contribution in [3.8, 4) is 0 Å². The fourth-order valence-electron chi connectivity index (χ4n) is 1.81. The Bertz CT molecular complexity index is 367. The number of nitrogens with zero attached hydrogens (tertiary/aromatic N) is 1. The van der Waals surface area contributed by atoms with Gasteiger partial charge in [0.1, 0.15) is 5.70 Å². The van der Waals surface area contributed by atoms with Gasteiger partial charge in [0.15, 0.2) is 0 Å². The Hall–Kier alpha value is -0.620. The lowest BCUT2D eigenvalue weighted by atomic mass is 10.1. The summed E-state index contributed by atoms with van der Waals surface area (Å²) in [4.78, 5) is 24.7. The maximum Gasteiger partial charge on any atom is 0.353 e. The van der Waals surface area contributed by atoms with Crippen molar-refractivity contribution < 1.29 is 14.7 Å². The third kappa shape index (κ3) is 1.96. The van der Waals surface area contributed by atoms with Gasteiger partial charge in [0.2, 0.25) is 5.91 Å². The molecule has 0 aromatic rings. The predicted octanol–water partition coefficient (Wildman–Crippen LogP) is 1.73. The highest BCUT2D eigenvalue weighted by atomic mass is 32.2. The summed E-state index contributed by atoms with van der Waals surface area (Å²) >= 11 is 3.33. The molecule has 0 aliphatic carbocycles. The van der Waals surface area contributed by atoms with Crippen molar-refractivity contribution >= 4 is 35.4 Å². The van der Waals surface area contributed by atoms with Crippen LogP contribution in [0.1, 0.15) is 19.8 Å². The number of fused-ring (bicyclic) bond motifs is 1. The van der Waals surface area contributed by atoms with E-state index in [9.17, 15) is 9.59 Å². The maximum atomic E-state index is 11.3. The Balaban J connectivity index is 2.09. The van der Waals surface area contributed by atoms with Gasteiger partial charge in [-0.05, 0) is 17.9 Å². The van der Waals surface area contributed by atoms with Gasteiger partial charge in [-0.3, -0.25) is 9.69 Å². The first-order valence-corrected chi connectivity index (χ1v) is 7.21. The lowest BCUT2D eigenvalue weighted by Gasteiger charge is -2.33. The summed E-state index contributed by atoms with van der Waals surface area (Å²) in [7, 11) is 0. The summed E-state index contributed by atoms with van der Waals surface area (Å²) in [5.74, 6) is 0.921. The molecule has 88 valence electrons. The van der Waals surface area contributed by atoms with E-state index < -0.39 is 5.97 Å². The van der Waals surface area contributed by atoms with E-state index in [-0.39, 0.29) is 17.0 Å². The lowest BCUT2D eigenvalue weighted by Crippen LogP contribution is -2.48. The molecule has 0 saturated carbocycles. The predicted molar refractivity (Wildman–Crippen MR) is 65.1 cm³/mol. The summed E-state index contributed by atoms with van der Waals surface area (Å²) < 4.78 is 0. The Morgan fingerprint density at radius 2 is 2.44 bits per heavy atom. The van der Waals surface area contributed by atoms with E-state index in [1.807, 2.05) is 0 Å². The molecule has 2 aliphatic rings. The summed E-state index contributed by atoms with van der Waals surface area (Å²) in [5, 5.41) is 9.16. The molecule has 1 atom stereocenters.